The molecule has 188 valence electrons. The number of aliphatic hydroxyl groups excluding tert-OH is 3. The Morgan fingerprint density at radius 2 is 1.42 bits per heavy atom. The maximum atomic E-state index is 11.3. The van der Waals surface area contributed by atoms with Gasteiger partial charge in [-0.1, -0.05) is 67.0 Å². The van der Waals surface area contributed by atoms with E-state index >= 15 is 0 Å². The molecule has 0 heterocycles. The van der Waals surface area contributed by atoms with Crippen LogP contribution in [0.2, 0.25) is 0 Å². The molecular formula is C30H50O3. The molecule has 0 aromatic carbocycles. The number of hydrogen-bond donors (Lipinski definition) is 3. The van der Waals surface area contributed by atoms with E-state index in [0.717, 1.165) is 32.1 Å². The molecule has 5 aliphatic rings. The highest BCUT2D eigenvalue weighted by molar-refractivity contribution is 5.34. The minimum Gasteiger partial charge on any atom is -0.393 e. The maximum absolute atomic E-state index is 11.3. The second kappa shape index (κ2) is 6.88. The molecule has 3 N–H and O–H groups in total. The molecule has 0 amide bonds. The van der Waals surface area contributed by atoms with Gasteiger partial charge in [0.05, 0.1) is 18.3 Å². The van der Waals surface area contributed by atoms with Crippen LogP contribution in [-0.2, 0) is 0 Å². The highest BCUT2D eigenvalue weighted by atomic mass is 16.3. The summed E-state index contributed by atoms with van der Waals surface area (Å²) in [5.41, 5.74) is 1.93. The molecule has 0 bridgehead atoms. The first-order valence-electron chi connectivity index (χ1n) is 13.8. The van der Waals surface area contributed by atoms with Crippen molar-refractivity contribution >= 4 is 0 Å². The van der Waals surface area contributed by atoms with Gasteiger partial charge in [0.25, 0.3) is 0 Å². The average molecular weight is 459 g/mol. The minimum absolute atomic E-state index is 0.00169. The van der Waals surface area contributed by atoms with Crippen molar-refractivity contribution < 1.29 is 15.3 Å². The van der Waals surface area contributed by atoms with E-state index < -0.39 is 12.2 Å². The van der Waals surface area contributed by atoms with Crippen LogP contribution >= 0.6 is 0 Å². The molecule has 3 nitrogen and oxygen atoms in total. The van der Waals surface area contributed by atoms with Gasteiger partial charge in [0.2, 0.25) is 0 Å². The van der Waals surface area contributed by atoms with E-state index in [4.69, 9.17) is 0 Å². The Kier molecular flexibility index (Phi) is 5.07. The summed E-state index contributed by atoms with van der Waals surface area (Å²) < 4.78 is 0. The third-order valence-corrected chi connectivity index (χ3v) is 13.1. The summed E-state index contributed by atoms with van der Waals surface area (Å²) in [5.74, 6) is 1.42. The van der Waals surface area contributed by atoms with Gasteiger partial charge in [-0.2, -0.15) is 0 Å². The van der Waals surface area contributed by atoms with Crippen molar-refractivity contribution in [3.8, 4) is 0 Å². The fraction of sp³-hybridized carbons (Fsp3) is 0.933. The van der Waals surface area contributed by atoms with Gasteiger partial charge < -0.3 is 15.3 Å². The number of aliphatic hydroxyl groups is 3. The Morgan fingerprint density at radius 1 is 0.758 bits per heavy atom. The number of hydrogen-bond acceptors (Lipinski definition) is 3. The number of fused-ring (bicyclic) bond motifs is 7. The van der Waals surface area contributed by atoms with Gasteiger partial charge in [-0.25, -0.2) is 0 Å². The van der Waals surface area contributed by atoms with Crippen LogP contribution in [0.5, 0.6) is 0 Å². The monoisotopic (exact) mass is 458 g/mol. The van der Waals surface area contributed by atoms with E-state index in [9.17, 15) is 15.3 Å². The molecule has 3 heteroatoms. The first-order chi connectivity index (χ1) is 15.0. The lowest BCUT2D eigenvalue weighted by Gasteiger charge is -2.72. The van der Waals surface area contributed by atoms with Gasteiger partial charge in [-0.15, -0.1) is 0 Å². The Balaban J connectivity index is 1.59. The molecule has 0 aromatic heterocycles. The minimum atomic E-state index is -0.634. The lowest BCUT2D eigenvalue weighted by Crippen LogP contribution is -2.67. The summed E-state index contributed by atoms with van der Waals surface area (Å²) in [6.07, 6.45) is 9.63. The van der Waals surface area contributed by atoms with Gasteiger partial charge >= 0.3 is 0 Å². The molecule has 0 saturated heterocycles. The third-order valence-electron chi connectivity index (χ3n) is 13.1. The summed E-state index contributed by atoms with van der Waals surface area (Å²) in [7, 11) is 0. The summed E-state index contributed by atoms with van der Waals surface area (Å²) >= 11 is 0. The fourth-order valence-corrected chi connectivity index (χ4v) is 10.8. The van der Waals surface area contributed by atoms with E-state index in [1.165, 1.54) is 12.8 Å². The molecule has 10 atom stereocenters. The van der Waals surface area contributed by atoms with Crippen LogP contribution in [-0.4, -0.2) is 33.6 Å². The molecule has 5 aliphatic carbocycles. The average Bonchev–Trinajstić information content (AvgIpc) is 2.68. The quantitative estimate of drug-likeness (QED) is 0.384. The van der Waals surface area contributed by atoms with Crippen LogP contribution in [0, 0.1) is 50.2 Å². The highest BCUT2D eigenvalue weighted by Gasteiger charge is 2.69. The van der Waals surface area contributed by atoms with Crippen molar-refractivity contribution in [1.82, 2.24) is 0 Å². The van der Waals surface area contributed by atoms with Crippen LogP contribution < -0.4 is 0 Å². The first-order valence-corrected chi connectivity index (χ1v) is 13.8. The summed E-state index contributed by atoms with van der Waals surface area (Å²) in [5, 5.41) is 33.2. The van der Waals surface area contributed by atoms with E-state index in [1.807, 2.05) is 0 Å². The van der Waals surface area contributed by atoms with E-state index in [0.29, 0.717) is 24.2 Å². The first kappa shape index (κ1) is 24.3. The zero-order valence-electron chi connectivity index (χ0n) is 22.5. The summed E-state index contributed by atoms with van der Waals surface area (Å²) in [6, 6.07) is 0. The molecule has 33 heavy (non-hydrogen) atoms. The molecule has 0 radical (unpaired) electrons. The smallest absolute Gasteiger partial charge is 0.0852 e. The lowest BCUT2D eigenvalue weighted by molar-refractivity contribution is -0.233. The number of allylic oxidation sites excluding steroid dienone is 2. The Bertz CT molecular complexity index is 859. The lowest BCUT2D eigenvalue weighted by atomic mass is 9.33. The Morgan fingerprint density at radius 3 is 2.09 bits per heavy atom. The van der Waals surface area contributed by atoms with Crippen molar-refractivity contribution in [2.24, 2.45) is 50.2 Å². The van der Waals surface area contributed by atoms with Gasteiger partial charge in [-0.05, 0) is 96.2 Å². The SMILES string of the molecule is CC1(C)C[C@H](O)[C@]2(C)CC[C@]3(C)C(=CCC4[C@@]5(C)C[C@H](O)[C@H](O)C(C)(C)C5CC[C@]43C)[C@@H]2C1. The van der Waals surface area contributed by atoms with Crippen molar-refractivity contribution in [2.45, 2.75) is 125 Å². The number of rotatable bonds is 0. The van der Waals surface area contributed by atoms with Gasteiger partial charge in [0, 0.05) is 5.41 Å². The third kappa shape index (κ3) is 2.91. The van der Waals surface area contributed by atoms with E-state index in [1.54, 1.807) is 5.57 Å². The molecule has 4 fully saturated rings. The van der Waals surface area contributed by atoms with Crippen LogP contribution in [0.1, 0.15) is 107 Å². The van der Waals surface area contributed by atoms with Gasteiger partial charge in [0.1, 0.15) is 0 Å². The van der Waals surface area contributed by atoms with Crippen LogP contribution in [0.25, 0.3) is 0 Å². The van der Waals surface area contributed by atoms with Crippen LogP contribution in [0.3, 0.4) is 0 Å². The highest BCUT2D eigenvalue weighted by Crippen LogP contribution is 2.75. The molecular weight excluding hydrogens is 408 g/mol. The Hall–Kier alpha value is -0.380. The standard InChI is InChI=1S/C30H50O3/c1-25(2)15-19-18-9-10-22-28(6)16-20(31)24(33)26(3,4)21(28)11-12-30(22,8)29(18,7)14-13-27(19,5)23(32)17-25/h9,19-24,31-33H,10-17H2,1-8H3/t19-,20-,21?,22?,23-,24-,27+,28-,29+,30+/m0/s1. The Labute approximate surface area is 202 Å². The second-order valence-corrected chi connectivity index (χ2v) is 15.5. The van der Waals surface area contributed by atoms with Crippen molar-refractivity contribution in [3.05, 3.63) is 11.6 Å². The van der Waals surface area contributed by atoms with E-state index in [-0.39, 0.29) is 38.6 Å². The molecule has 0 aliphatic heterocycles. The summed E-state index contributed by atoms with van der Waals surface area (Å²) in [6.45, 7) is 19.0. The van der Waals surface area contributed by atoms with Crippen molar-refractivity contribution in [2.75, 3.05) is 0 Å². The molecule has 0 aromatic rings. The van der Waals surface area contributed by atoms with Crippen molar-refractivity contribution in [1.29, 1.82) is 0 Å². The van der Waals surface area contributed by atoms with Crippen LogP contribution in [0.4, 0.5) is 0 Å². The normalized spacial score (nSPS) is 57.1. The second-order valence-electron chi connectivity index (χ2n) is 15.5. The zero-order chi connectivity index (χ0) is 24.4. The molecule has 0 spiro atoms. The van der Waals surface area contributed by atoms with E-state index in [2.05, 4.69) is 61.5 Å². The topological polar surface area (TPSA) is 60.7 Å². The molecule has 2 unspecified atom stereocenters. The molecule has 4 saturated carbocycles. The predicted octanol–water partition coefficient (Wildman–Crippen LogP) is 6.11. The molecule has 5 rings (SSSR count). The van der Waals surface area contributed by atoms with Gasteiger partial charge in [-0.3, -0.25) is 0 Å². The fourth-order valence-electron chi connectivity index (χ4n) is 10.8. The zero-order valence-corrected chi connectivity index (χ0v) is 22.5. The summed E-state index contributed by atoms with van der Waals surface area (Å²) in [4.78, 5) is 0. The van der Waals surface area contributed by atoms with Gasteiger partial charge in [0.15, 0.2) is 0 Å². The largest absolute Gasteiger partial charge is 0.393 e. The van der Waals surface area contributed by atoms with Crippen molar-refractivity contribution in [3.63, 3.8) is 0 Å². The maximum Gasteiger partial charge on any atom is 0.0852 e. The predicted molar refractivity (Wildman–Crippen MR) is 133 cm³/mol. The van der Waals surface area contributed by atoms with Crippen LogP contribution in [0.15, 0.2) is 11.6 Å².